The summed E-state index contributed by atoms with van der Waals surface area (Å²) in [6, 6.07) is 21.4. The molecular formula is C37H30Cl2N2O7S. The van der Waals surface area contributed by atoms with Gasteiger partial charge in [0.15, 0.2) is 4.80 Å². The molecule has 0 radical (unpaired) electrons. The maximum atomic E-state index is 14.3. The van der Waals surface area contributed by atoms with Crippen LogP contribution in [-0.2, 0) is 14.3 Å². The topological polar surface area (TPSA) is 109 Å². The number of rotatable bonds is 9. The molecule has 3 heterocycles. The van der Waals surface area contributed by atoms with Crippen molar-refractivity contribution in [3.05, 3.63) is 137 Å². The Labute approximate surface area is 295 Å². The number of hydrogen-bond acceptors (Lipinski definition) is 9. The molecule has 0 aliphatic carbocycles. The zero-order valence-electron chi connectivity index (χ0n) is 26.9. The number of hydrogen-bond donors (Lipinski definition) is 0. The van der Waals surface area contributed by atoms with Crippen LogP contribution in [0.3, 0.4) is 0 Å². The second-order valence-corrected chi connectivity index (χ2v) is 13.0. The molecule has 0 fully saturated rings. The number of fused-ring (bicyclic) bond motifs is 1. The highest BCUT2D eigenvalue weighted by atomic mass is 35.5. The molecule has 1 aliphatic rings. The summed E-state index contributed by atoms with van der Waals surface area (Å²) < 4.78 is 24.5. The van der Waals surface area contributed by atoms with Gasteiger partial charge in [-0.05, 0) is 69.3 Å². The average Bonchev–Trinajstić information content (AvgIpc) is 3.67. The monoisotopic (exact) mass is 716 g/mol. The van der Waals surface area contributed by atoms with E-state index >= 15 is 0 Å². The largest absolute Gasteiger partial charge is 0.496 e. The highest BCUT2D eigenvalue weighted by Gasteiger charge is 2.37. The van der Waals surface area contributed by atoms with Gasteiger partial charge in [0.1, 0.15) is 23.3 Å². The Hall–Kier alpha value is -4.90. The number of carbonyl (C=O) groups excluding carboxylic acids is 2. The average molecular weight is 718 g/mol. The van der Waals surface area contributed by atoms with E-state index in [9.17, 15) is 14.4 Å². The van der Waals surface area contributed by atoms with Gasteiger partial charge in [0.05, 0.1) is 41.2 Å². The number of nitrogens with zero attached hydrogens (tertiary/aromatic N) is 2. The Balaban J connectivity index is 1.55. The second kappa shape index (κ2) is 14.3. The maximum Gasteiger partial charge on any atom is 0.339 e. The molecule has 0 unspecified atom stereocenters. The minimum Gasteiger partial charge on any atom is -0.496 e. The van der Waals surface area contributed by atoms with E-state index in [-0.39, 0.29) is 28.4 Å². The van der Waals surface area contributed by atoms with Crippen LogP contribution in [-0.4, -0.2) is 36.3 Å². The maximum absolute atomic E-state index is 14.3. The van der Waals surface area contributed by atoms with Crippen LogP contribution in [0.4, 0.5) is 0 Å². The van der Waals surface area contributed by atoms with Gasteiger partial charge in [-0.2, -0.15) is 0 Å². The first-order chi connectivity index (χ1) is 23.6. The van der Waals surface area contributed by atoms with Gasteiger partial charge < -0.3 is 18.6 Å². The van der Waals surface area contributed by atoms with E-state index < -0.39 is 23.5 Å². The fourth-order valence-corrected chi connectivity index (χ4v) is 6.87. The predicted molar refractivity (Wildman–Crippen MR) is 189 cm³/mol. The van der Waals surface area contributed by atoms with Crippen molar-refractivity contribution in [2.45, 2.75) is 32.9 Å². The van der Waals surface area contributed by atoms with Gasteiger partial charge in [-0.3, -0.25) is 9.36 Å². The molecular weight excluding hydrogens is 687 g/mol. The summed E-state index contributed by atoms with van der Waals surface area (Å²) >= 11 is 13.9. The van der Waals surface area contributed by atoms with Crippen LogP contribution >= 0.6 is 34.5 Å². The van der Waals surface area contributed by atoms with Crippen LogP contribution in [0.5, 0.6) is 5.75 Å². The lowest BCUT2D eigenvalue weighted by atomic mass is 9.92. The lowest BCUT2D eigenvalue weighted by molar-refractivity contribution is -0.138. The van der Waals surface area contributed by atoms with Crippen molar-refractivity contribution >= 4 is 58.3 Å². The third-order valence-corrected chi connectivity index (χ3v) is 9.02. The molecule has 9 nitrogen and oxygen atoms in total. The number of ether oxygens (including phenoxy) is 3. The fraction of sp³-hybridized carbons (Fsp3) is 0.189. The Morgan fingerprint density at radius 2 is 1.73 bits per heavy atom. The van der Waals surface area contributed by atoms with Gasteiger partial charge >= 0.3 is 11.9 Å². The number of aromatic nitrogens is 1. The molecule has 250 valence electrons. The number of esters is 2. The standard InChI is InChI=1S/C37H30Cl2N2O7S/c1-5-46-36(44)31-32(21-9-7-6-8-10-21)40-37-41(33(31)27-18-23(39)12-15-28(27)45-4)34(42)30(49-37)19-24-13-16-29(48-24)26-17-22(38)11-14-25(26)35(43)47-20(2)3/h6-20,33H,5H2,1-4H3/b30-19-/t33-/m0/s1. The number of furan rings is 1. The van der Waals surface area contributed by atoms with Gasteiger partial charge in [-0.15, -0.1) is 0 Å². The Morgan fingerprint density at radius 3 is 2.45 bits per heavy atom. The van der Waals surface area contributed by atoms with Crippen LogP contribution in [0.1, 0.15) is 54.1 Å². The van der Waals surface area contributed by atoms with Crippen LogP contribution in [0.25, 0.3) is 23.1 Å². The van der Waals surface area contributed by atoms with Crippen molar-refractivity contribution in [3.63, 3.8) is 0 Å². The molecule has 12 heteroatoms. The highest BCUT2D eigenvalue weighted by molar-refractivity contribution is 7.07. The molecule has 1 aliphatic heterocycles. The van der Waals surface area contributed by atoms with Crippen molar-refractivity contribution in [1.82, 2.24) is 4.57 Å². The summed E-state index contributed by atoms with van der Waals surface area (Å²) in [6.45, 7) is 5.35. The van der Waals surface area contributed by atoms with Crippen LogP contribution in [0, 0.1) is 0 Å². The summed E-state index contributed by atoms with van der Waals surface area (Å²) in [5, 5.41) is 0.797. The summed E-state index contributed by atoms with van der Waals surface area (Å²) in [5.74, 6) is -0.0292. The Bertz CT molecular complexity index is 2290. The summed E-state index contributed by atoms with van der Waals surface area (Å²) in [4.78, 5) is 46.2. The molecule has 1 atom stereocenters. The van der Waals surface area contributed by atoms with Crippen molar-refractivity contribution in [1.29, 1.82) is 0 Å². The van der Waals surface area contributed by atoms with Gasteiger partial charge in [0, 0.05) is 32.8 Å². The van der Waals surface area contributed by atoms with E-state index in [0.29, 0.717) is 54.5 Å². The summed E-state index contributed by atoms with van der Waals surface area (Å²) in [6.07, 6.45) is 1.27. The molecule has 0 saturated heterocycles. The van der Waals surface area contributed by atoms with Crippen molar-refractivity contribution in [3.8, 4) is 17.1 Å². The molecule has 2 aromatic heterocycles. The first kappa shape index (κ1) is 34.0. The fourth-order valence-electron chi connectivity index (χ4n) is 5.53. The smallest absolute Gasteiger partial charge is 0.339 e. The van der Waals surface area contributed by atoms with Gasteiger partial charge in [0.25, 0.3) is 5.56 Å². The first-order valence-electron chi connectivity index (χ1n) is 15.3. The van der Waals surface area contributed by atoms with E-state index in [0.717, 1.165) is 11.3 Å². The molecule has 0 N–H and O–H groups in total. The van der Waals surface area contributed by atoms with Crippen molar-refractivity contribution in [2.75, 3.05) is 13.7 Å². The number of benzene rings is 3. The second-order valence-electron chi connectivity index (χ2n) is 11.2. The van der Waals surface area contributed by atoms with Gasteiger partial charge in [-0.25, -0.2) is 14.6 Å². The number of methoxy groups -OCH3 is 1. The van der Waals surface area contributed by atoms with Crippen molar-refractivity contribution in [2.24, 2.45) is 4.99 Å². The van der Waals surface area contributed by atoms with E-state index in [4.69, 9.17) is 46.8 Å². The zero-order chi connectivity index (χ0) is 34.8. The van der Waals surface area contributed by atoms with Gasteiger partial charge in [-0.1, -0.05) is 64.9 Å². The zero-order valence-corrected chi connectivity index (χ0v) is 29.2. The lowest BCUT2D eigenvalue weighted by Gasteiger charge is -2.27. The Morgan fingerprint density at radius 1 is 1.00 bits per heavy atom. The minimum atomic E-state index is -0.991. The molecule has 5 aromatic rings. The Kier molecular flexibility index (Phi) is 9.91. The van der Waals surface area contributed by atoms with E-state index in [1.54, 1.807) is 75.4 Å². The molecule has 49 heavy (non-hydrogen) atoms. The highest BCUT2D eigenvalue weighted by Crippen LogP contribution is 2.40. The molecule has 0 saturated carbocycles. The number of halogens is 2. The minimum absolute atomic E-state index is 0.110. The number of thiazole rings is 1. The van der Waals surface area contributed by atoms with Crippen LogP contribution < -0.4 is 19.6 Å². The van der Waals surface area contributed by atoms with Crippen molar-refractivity contribution < 1.29 is 28.2 Å². The predicted octanol–water partition coefficient (Wildman–Crippen LogP) is 7.08. The summed E-state index contributed by atoms with van der Waals surface area (Å²) in [5.41, 5.74) is 1.98. The normalized spacial score (nSPS) is 14.4. The first-order valence-corrected chi connectivity index (χ1v) is 16.9. The molecule has 6 rings (SSSR count). The third-order valence-electron chi connectivity index (χ3n) is 7.57. The van der Waals surface area contributed by atoms with Crippen LogP contribution in [0.15, 0.2) is 98.6 Å². The molecule has 0 spiro atoms. The lowest BCUT2D eigenvalue weighted by Crippen LogP contribution is -2.40. The summed E-state index contributed by atoms with van der Waals surface area (Å²) in [7, 11) is 1.50. The van der Waals surface area contributed by atoms with Gasteiger partial charge in [0.2, 0.25) is 0 Å². The molecule has 3 aromatic carbocycles. The van der Waals surface area contributed by atoms with Crippen LogP contribution in [0.2, 0.25) is 10.0 Å². The van der Waals surface area contributed by atoms with E-state index in [1.807, 2.05) is 30.3 Å². The van der Waals surface area contributed by atoms with E-state index in [1.165, 1.54) is 11.7 Å². The quantitative estimate of drug-likeness (QED) is 0.150. The SMILES string of the molecule is CCOC(=O)C1=C(c2ccccc2)N=c2s/c(=C\c3ccc(-c4cc(Cl)ccc4C(=O)OC(C)C)o3)c(=O)n2[C@H]1c1cc(Cl)ccc1OC. The molecule has 0 amide bonds. The molecule has 0 bridgehead atoms. The third kappa shape index (κ3) is 6.85. The number of carbonyl (C=O) groups is 2. The van der Waals surface area contributed by atoms with E-state index in [2.05, 4.69) is 0 Å².